The minimum Gasteiger partial charge on any atom is -0.379 e. The highest BCUT2D eigenvalue weighted by Crippen LogP contribution is 2.33. The lowest BCUT2D eigenvalue weighted by Crippen LogP contribution is -2.40. The van der Waals surface area contributed by atoms with E-state index in [0.29, 0.717) is 12.6 Å². The molecule has 0 radical (unpaired) electrons. The fourth-order valence-corrected chi connectivity index (χ4v) is 3.15. The molecule has 2 aliphatic rings. The van der Waals surface area contributed by atoms with Crippen LogP contribution in [0.2, 0.25) is 0 Å². The van der Waals surface area contributed by atoms with Crippen molar-refractivity contribution < 1.29 is 9.13 Å². The van der Waals surface area contributed by atoms with Crippen LogP contribution in [0.1, 0.15) is 30.1 Å². The van der Waals surface area contributed by atoms with Crippen LogP contribution >= 0.6 is 0 Å². The topological polar surface area (TPSA) is 56.1 Å². The summed E-state index contributed by atoms with van der Waals surface area (Å²) in [5.41, 5.74) is 2.38. The lowest BCUT2D eigenvalue weighted by molar-refractivity contribution is 0.106. The molecular formula is C16H20FN5O. The quantitative estimate of drug-likeness (QED) is 0.843. The van der Waals surface area contributed by atoms with Gasteiger partial charge in [0.1, 0.15) is 0 Å². The van der Waals surface area contributed by atoms with E-state index in [9.17, 15) is 4.39 Å². The van der Waals surface area contributed by atoms with E-state index >= 15 is 0 Å². The number of aryl methyl sites for hydroxylation is 1. The highest BCUT2D eigenvalue weighted by atomic mass is 19.1. The minimum absolute atomic E-state index is 0.00969. The summed E-state index contributed by atoms with van der Waals surface area (Å²) in [7, 11) is 1.95. The van der Waals surface area contributed by atoms with Crippen LogP contribution in [-0.2, 0) is 18.2 Å². The second kappa shape index (κ2) is 5.88. The standard InChI is InChI=1S/C16H20FN5O/c1-21-15-12(6-20-21)4-5-22(16-18-7-13(17)8-19-16)14(15)10-23-9-11-2-3-11/h6-8,11,14H,2-5,9-10H2,1H3. The first kappa shape index (κ1) is 14.6. The van der Waals surface area contributed by atoms with Gasteiger partial charge in [0.05, 0.1) is 36.9 Å². The number of ether oxygens (including phenoxy) is 1. The summed E-state index contributed by atoms with van der Waals surface area (Å²) in [6.45, 7) is 2.16. The van der Waals surface area contributed by atoms with Crippen molar-refractivity contribution in [2.75, 3.05) is 24.7 Å². The second-order valence-corrected chi connectivity index (χ2v) is 6.32. The van der Waals surface area contributed by atoms with Gasteiger partial charge in [-0.1, -0.05) is 0 Å². The SMILES string of the molecule is Cn1ncc2c1C(COCC1CC1)N(c1ncc(F)cn1)CC2. The molecule has 1 unspecified atom stereocenters. The molecule has 1 aliphatic heterocycles. The Labute approximate surface area is 134 Å². The molecule has 2 aromatic rings. The Kier molecular flexibility index (Phi) is 3.72. The second-order valence-electron chi connectivity index (χ2n) is 6.32. The molecular weight excluding hydrogens is 297 g/mol. The molecule has 2 aromatic heterocycles. The first-order valence-electron chi connectivity index (χ1n) is 8.05. The van der Waals surface area contributed by atoms with Crippen molar-refractivity contribution >= 4 is 5.95 Å². The van der Waals surface area contributed by atoms with Gasteiger partial charge < -0.3 is 9.64 Å². The van der Waals surface area contributed by atoms with Gasteiger partial charge in [0, 0.05) is 20.2 Å². The first-order valence-corrected chi connectivity index (χ1v) is 8.05. The van der Waals surface area contributed by atoms with Crippen molar-refractivity contribution in [2.24, 2.45) is 13.0 Å². The lowest BCUT2D eigenvalue weighted by Gasteiger charge is -2.35. The number of aromatic nitrogens is 4. The van der Waals surface area contributed by atoms with Crippen molar-refractivity contribution in [2.45, 2.75) is 25.3 Å². The van der Waals surface area contributed by atoms with Crippen molar-refractivity contribution in [1.82, 2.24) is 19.7 Å². The molecule has 1 fully saturated rings. The maximum atomic E-state index is 13.1. The summed E-state index contributed by atoms with van der Waals surface area (Å²) in [5, 5.41) is 4.38. The molecule has 7 heteroatoms. The smallest absolute Gasteiger partial charge is 0.226 e. The van der Waals surface area contributed by atoms with Gasteiger partial charge in [-0.05, 0) is 30.7 Å². The minimum atomic E-state index is -0.423. The van der Waals surface area contributed by atoms with Gasteiger partial charge in [0.2, 0.25) is 5.95 Å². The number of hydrogen-bond donors (Lipinski definition) is 0. The van der Waals surface area contributed by atoms with E-state index < -0.39 is 5.82 Å². The van der Waals surface area contributed by atoms with Crippen molar-refractivity contribution in [3.05, 3.63) is 35.7 Å². The number of rotatable bonds is 5. The van der Waals surface area contributed by atoms with Crippen LogP contribution in [0.4, 0.5) is 10.3 Å². The predicted molar refractivity (Wildman–Crippen MR) is 82.5 cm³/mol. The Balaban J connectivity index is 1.60. The molecule has 0 amide bonds. The average molecular weight is 317 g/mol. The third-order valence-corrected chi connectivity index (χ3v) is 4.57. The maximum Gasteiger partial charge on any atom is 0.226 e. The molecule has 1 saturated carbocycles. The number of fused-ring (bicyclic) bond motifs is 1. The van der Waals surface area contributed by atoms with E-state index in [1.165, 1.54) is 30.8 Å². The third kappa shape index (κ3) is 2.93. The normalized spacial score (nSPS) is 20.6. The summed E-state index contributed by atoms with van der Waals surface area (Å²) >= 11 is 0. The summed E-state index contributed by atoms with van der Waals surface area (Å²) in [4.78, 5) is 10.4. The fraction of sp³-hybridized carbons (Fsp3) is 0.562. The highest BCUT2D eigenvalue weighted by molar-refractivity contribution is 5.40. The van der Waals surface area contributed by atoms with Gasteiger partial charge in [-0.3, -0.25) is 4.68 Å². The van der Waals surface area contributed by atoms with Crippen molar-refractivity contribution in [3.8, 4) is 0 Å². The van der Waals surface area contributed by atoms with Gasteiger partial charge >= 0.3 is 0 Å². The molecule has 6 nitrogen and oxygen atoms in total. The molecule has 122 valence electrons. The molecule has 0 spiro atoms. The monoisotopic (exact) mass is 317 g/mol. The largest absolute Gasteiger partial charge is 0.379 e. The molecule has 23 heavy (non-hydrogen) atoms. The van der Waals surface area contributed by atoms with Gasteiger partial charge in [-0.25, -0.2) is 14.4 Å². The van der Waals surface area contributed by atoms with Crippen LogP contribution in [0.25, 0.3) is 0 Å². The van der Waals surface area contributed by atoms with Crippen LogP contribution in [-0.4, -0.2) is 39.5 Å². The number of anilines is 1. The summed E-state index contributed by atoms with van der Waals surface area (Å²) in [6, 6.07) is 0.00969. The van der Waals surface area contributed by atoms with E-state index in [1.54, 1.807) is 0 Å². The summed E-state index contributed by atoms with van der Waals surface area (Å²) in [6.07, 6.45) is 7.76. The van der Waals surface area contributed by atoms with Crippen LogP contribution in [0.15, 0.2) is 18.6 Å². The molecule has 4 rings (SSSR count). The first-order chi connectivity index (χ1) is 11.2. The lowest BCUT2D eigenvalue weighted by atomic mass is 10.0. The molecule has 1 atom stereocenters. The Bertz CT molecular complexity index is 682. The Morgan fingerprint density at radius 2 is 2.00 bits per heavy atom. The van der Waals surface area contributed by atoms with E-state index in [2.05, 4.69) is 20.0 Å². The van der Waals surface area contributed by atoms with Gasteiger partial charge in [-0.15, -0.1) is 0 Å². The zero-order valence-corrected chi connectivity index (χ0v) is 13.2. The van der Waals surface area contributed by atoms with E-state index in [4.69, 9.17) is 4.74 Å². The number of nitrogens with zero attached hydrogens (tertiary/aromatic N) is 5. The van der Waals surface area contributed by atoms with Gasteiger partial charge in [0.25, 0.3) is 0 Å². The van der Waals surface area contributed by atoms with Crippen molar-refractivity contribution in [3.63, 3.8) is 0 Å². The van der Waals surface area contributed by atoms with Gasteiger partial charge in [-0.2, -0.15) is 5.10 Å². The van der Waals surface area contributed by atoms with Crippen LogP contribution < -0.4 is 4.90 Å². The third-order valence-electron chi connectivity index (χ3n) is 4.57. The number of halogens is 1. The van der Waals surface area contributed by atoms with Crippen LogP contribution in [0, 0.1) is 11.7 Å². The molecule has 1 aliphatic carbocycles. The summed E-state index contributed by atoms with van der Waals surface area (Å²) in [5.74, 6) is 0.840. The fourth-order valence-electron chi connectivity index (χ4n) is 3.15. The highest BCUT2D eigenvalue weighted by Gasteiger charge is 2.33. The van der Waals surface area contributed by atoms with E-state index in [0.717, 1.165) is 31.2 Å². The van der Waals surface area contributed by atoms with Gasteiger partial charge in [0.15, 0.2) is 5.82 Å². The Morgan fingerprint density at radius 1 is 1.22 bits per heavy atom. The zero-order chi connectivity index (χ0) is 15.8. The molecule has 3 heterocycles. The van der Waals surface area contributed by atoms with E-state index in [-0.39, 0.29) is 6.04 Å². The average Bonchev–Trinajstić information content (AvgIpc) is 3.30. The molecule has 0 N–H and O–H groups in total. The molecule has 0 bridgehead atoms. The number of hydrogen-bond acceptors (Lipinski definition) is 5. The summed E-state index contributed by atoms with van der Waals surface area (Å²) < 4.78 is 21.0. The Hall–Kier alpha value is -2.02. The molecule has 0 saturated heterocycles. The van der Waals surface area contributed by atoms with Crippen molar-refractivity contribution in [1.29, 1.82) is 0 Å². The Morgan fingerprint density at radius 3 is 2.74 bits per heavy atom. The van der Waals surface area contributed by atoms with Crippen LogP contribution in [0.3, 0.4) is 0 Å². The maximum absolute atomic E-state index is 13.1. The molecule has 0 aromatic carbocycles. The van der Waals surface area contributed by atoms with E-state index in [1.807, 2.05) is 17.9 Å². The predicted octanol–water partition coefficient (Wildman–Crippen LogP) is 1.88. The van der Waals surface area contributed by atoms with Crippen LogP contribution in [0.5, 0.6) is 0 Å². The zero-order valence-electron chi connectivity index (χ0n) is 13.2.